The molecular formula is C26H47NO6. The summed E-state index contributed by atoms with van der Waals surface area (Å²) in [5, 5.41) is 28.7. The molecule has 0 aliphatic rings. The third-order valence-corrected chi connectivity index (χ3v) is 6.20. The molecule has 0 bridgehead atoms. The molecule has 33 heavy (non-hydrogen) atoms. The third kappa shape index (κ3) is 20.4. The standard InChI is InChI=1S/C26H47NO6/c1-2-3-4-5-6-7-8-9-13-20-27(21-14-10-17-24(28)29,22-15-11-18-25(30)31)23-16-12-19-26(32)33/h5-6H,2-4,7-23H2,1H3,(H2-,28,29,30,31,32,33)/b6-5+. The number of carbonyl (C=O) groups excluding carboxylic acids is 1. The maximum Gasteiger partial charge on any atom is 0.303 e. The van der Waals surface area contributed by atoms with Crippen molar-refractivity contribution in [3.05, 3.63) is 12.2 Å². The highest BCUT2D eigenvalue weighted by Crippen LogP contribution is 2.19. The van der Waals surface area contributed by atoms with Crippen molar-refractivity contribution in [2.75, 3.05) is 26.2 Å². The Morgan fingerprint density at radius 3 is 1.48 bits per heavy atom. The summed E-state index contributed by atoms with van der Waals surface area (Å²) in [6.45, 7) is 5.75. The van der Waals surface area contributed by atoms with Crippen molar-refractivity contribution in [3.8, 4) is 0 Å². The molecule has 0 fully saturated rings. The number of nitrogens with zero attached hydrogens (tertiary/aromatic N) is 1. The number of aliphatic carboxylic acids is 3. The zero-order chi connectivity index (χ0) is 24.8. The van der Waals surface area contributed by atoms with Crippen molar-refractivity contribution in [2.24, 2.45) is 0 Å². The normalized spacial score (nSPS) is 11.8. The first-order chi connectivity index (χ1) is 15.8. The Morgan fingerprint density at radius 2 is 1.06 bits per heavy atom. The topological polar surface area (TPSA) is 115 Å². The lowest BCUT2D eigenvalue weighted by atomic mass is 10.1. The zero-order valence-corrected chi connectivity index (χ0v) is 20.8. The van der Waals surface area contributed by atoms with Crippen LogP contribution in [0, 0.1) is 0 Å². The largest absolute Gasteiger partial charge is 0.550 e. The van der Waals surface area contributed by atoms with Crippen LogP contribution in [0.1, 0.15) is 110 Å². The summed E-state index contributed by atoms with van der Waals surface area (Å²) in [7, 11) is 0. The van der Waals surface area contributed by atoms with Crippen LogP contribution in [0.2, 0.25) is 0 Å². The van der Waals surface area contributed by atoms with Crippen LogP contribution in [0.3, 0.4) is 0 Å². The monoisotopic (exact) mass is 469 g/mol. The molecule has 0 spiro atoms. The van der Waals surface area contributed by atoms with Gasteiger partial charge in [-0.3, -0.25) is 9.59 Å². The number of quaternary nitrogens is 1. The molecule has 0 saturated carbocycles. The second-order valence-corrected chi connectivity index (χ2v) is 9.23. The van der Waals surface area contributed by atoms with Crippen molar-refractivity contribution >= 4 is 17.9 Å². The molecule has 0 rings (SSSR count). The average molecular weight is 470 g/mol. The van der Waals surface area contributed by atoms with Crippen LogP contribution in [0.25, 0.3) is 0 Å². The maximum atomic E-state index is 10.9. The molecule has 192 valence electrons. The van der Waals surface area contributed by atoms with Gasteiger partial charge in [0.2, 0.25) is 0 Å². The summed E-state index contributed by atoms with van der Waals surface area (Å²) in [4.78, 5) is 32.6. The van der Waals surface area contributed by atoms with Crippen LogP contribution in [0.5, 0.6) is 0 Å². The van der Waals surface area contributed by atoms with Crippen LogP contribution < -0.4 is 5.11 Å². The molecule has 0 saturated heterocycles. The predicted octanol–water partition coefficient (Wildman–Crippen LogP) is 4.54. The number of hydrogen-bond acceptors (Lipinski definition) is 4. The van der Waals surface area contributed by atoms with Gasteiger partial charge in [0.15, 0.2) is 0 Å². The second-order valence-electron chi connectivity index (χ2n) is 9.23. The molecule has 0 heterocycles. The Labute approximate surface area is 200 Å². The quantitative estimate of drug-likeness (QED) is 0.122. The summed E-state index contributed by atoms with van der Waals surface area (Å²) in [5.41, 5.74) is 0. The van der Waals surface area contributed by atoms with Crippen molar-refractivity contribution in [1.29, 1.82) is 0 Å². The molecule has 7 nitrogen and oxygen atoms in total. The summed E-state index contributed by atoms with van der Waals surface area (Å²) < 4.78 is 0.832. The fourth-order valence-electron chi connectivity index (χ4n) is 4.28. The van der Waals surface area contributed by atoms with E-state index in [1.54, 1.807) is 0 Å². The number of unbranched alkanes of at least 4 members (excludes halogenated alkanes) is 8. The molecule has 7 heteroatoms. The lowest BCUT2D eigenvalue weighted by Crippen LogP contribution is -2.51. The van der Waals surface area contributed by atoms with Gasteiger partial charge in [0.1, 0.15) is 0 Å². The first-order valence-electron chi connectivity index (χ1n) is 12.9. The van der Waals surface area contributed by atoms with Crippen LogP contribution in [-0.2, 0) is 14.4 Å². The van der Waals surface area contributed by atoms with Crippen molar-refractivity contribution in [3.63, 3.8) is 0 Å². The number of carbonyl (C=O) groups is 3. The molecule has 0 radical (unpaired) electrons. The molecule has 0 atom stereocenters. The lowest BCUT2D eigenvalue weighted by Gasteiger charge is -2.39. The molecule has 0 amide bonds. The van der Waals surface area contributed by atoms with E-state index in [1.165, 1.54) is 12.8 Å². The minimum atomic E-state index is -1.02. The van der Waals surface area contributed by atoms with Crippen LogP contribution in [0.4, 0.5) is 0 Å². The smallest absolute Gasteiger partial charge is 0.303 e. The van der Waals surface area contributed by atoms with E-state index in [2.05, 4.69) is 19.1 Å². The predicted molar refractivity (Wildman–Crippen MR) is 129 cm³/mol. The molecular weight excluding hydrogens is 422 g/mol. The Kier molecular flexibility index (Phi) is 19.5. The molecule has 0 unspecified atom stereocenters. The highest BCUT2D eigenvalue weighted by Gasteiger charge is 2.26. The van der Waals surface area contributed by atoms with E-state index < -0.39 is 17.9 Å². The minimum Gasteiger partial charge on any atom is -0.550 e. The van der Waals surface area contributed by atoms with E-state index >= 15 is 0 Å². The highest BCUT2D eigenvalue weighted by molar-refractivity contribution is 5.66. The Bertz CT molecular complexity index is 506. The van der Waals surface area contributed by atoms with Gasteiger partial charge in [0.05, 0.1) is 26.2 Å². The molecule has 2 N–H and O–H groups in total. The van der Waals surface area contributed by atoms with Gasteiger partial charge in [-0.1, -0.05) is 31.9 Å². The van der Waals surface area contributed by atoms with Gasteiger partial charge in [-0.25, -0.2) is 0 Å². The van der Waals surface area contributed by atoms with Crippen LogP contribution in [-0.4, -0.2) is 58.8 Å². The Morgan fingerprint density at radius 1 is 0.636 bits per heavy atom. The zero-order valence-electron chi connectivity index (χ0n) is 20.8. The molecule has 0 aliphatic carbocycles. The first kappa shape index (κ1) is 31.1. The summed E-state index contributed by atoms with van der Waals surface area (Å²) in [5.74, 6) is -2.59. The van der Waals surface area contributed by atoms with Gasteiger partial charge in [-0.05, 0) is 77.0 Å². The summed E-state index contributed by atoms with van der Waals surface area (Å²) in [6.07, 6.45) is 17.2. The molecule has 0 aliphatic heterocycles. The van der Waals surface area contributed by atoms with E-state index in [-0.39, 0.29) is 19.3 Å². The Balaban J connectivity index is 4.85. The number of carboxylic acids is 3. The second kappa shape index (κ2) is 20.7. The summed E-state index contributed by atoms with van der Waals surface area (Å²) in [6, 6.07) is 0. The minimum absolute atomic E-state index is 0.0579. The van der Waals surface area contributed by atoms with Gasteiger partial charge in [-0.15, -0.1) is 0 Å². The third-order valence-electron chi connectivity index (χ3n) is 6.20. The molecule has 0 aromatic heterocycles. The van der Waals surface area contributed by atoms with Gasteiger partial charge >= 0.3 is 11.9 Å². The number of allylic oxidation sites excluding steroid dienone is 2. The lowest BCUT2D eigenvalue weighted by molar-refractivity contribution is -0.929. The van der Waals surface area contributed by atoms with Crippen molar-refractivity contribution < 1.29 is 34.2 Å². The molecule has 0 aromatic rings. The van der Waals surface area contributed by atoms with E-state index in [0.29, 0.717) is 19.3 Å². The van der Waals surface area contributed by atoms with Gasteiger partial charge < -0.3 is 24.6 Å². The number of rotatable bonds is 24. The number of hydrogen-bond donors (Lipinski definition) is 2. The Hall–Kier alpha value is -1.89. The van der Waals surface area contributed by atoms with Gasteiger partial charge in [0.25, 0.3) is 0 Å². The van der Waals surface area contributed by atoms with Crippen LogP contribution >= 0.6 is 0 Å². The average Bonchev–Trinajstić information content (AvgIpc) is 2.75. The van der Waals surface area contributed by atoms with Gasteiger partial charge in [-0.2, -0.15) is 0 Å². The fraction of sp³-hybridized carbons (Fsp3) is 0.808. The summed E-state index contributed by atoms with van der Waals surface area (Å²) >= 11 is 0. The van der Waals surface area contributed by atoms with E-state index in [4.69, 9.17) is 10.2 Å². The highest BCUT2D eigenvalue weighted by atomic mass is 16.4. The van der Waals surface area contributed by atoms with E-state index in [0.717, 1.165) is 82.0 Å². The van der Waals surface area contributed by atoms with Crippen molar-refractivity contribution in [2.45, 2.75) is 110 Å². The first-order valence-corrected chi connectivity index (χ1v) is 12.9. The van der Waals surface area contributed by atoms with E-state index in [9.17, 15) is 19.5 Å². The maximum absolute atomic E-state index is 10.9. The molecule has 0 aromatic carbocycles. The van der Waals surface area contributed by atoms with Crippen LogP contribution in [0.15, 0.2) is 12.2 Å². The SMILES string of the molecule is CCCC/C=C/CCCCC[N+](CCCCC(=O)[O-])(CCCCC(=O)O)CCCCC(=O)O. The van der Waals surface area contributed by atoms with E-state index in [1.807, 2.05) is 0 Å². The van der Waals surface area contributed by atoms with Gasteiger partial charge in [0, 0.05) is 18.8 Å². The van der Waals surface area contributed by atoms with Crippen molar-refractivity contribution in [1.82, 2.24) is 0 Å². The fourth-order valence-corrected chi connectivity index (χ4v) is 4.28. The number of carboxylic acid groups (broad SMARTS) is 3.